The van der Waals surface area contributed by atoms with Gasteiger partial charge in [-0.2, -0.15) is 0 Å². The highest BCUT2D eigenvalue weighted by Gasteiger charge is 2.03. The summed E-state index contributed by atoms with van der Waals surface area (Å²) in [5.41, 5.74) is 1.25. The smallest absolute Gasteiger partial charge is 0.123 e. The van der Waals surface area contributed by atoms with E-state index in [4.69, 9.17) is 4.74 Å². The minimum atomic E-state index is 0.566. The molecule has 0 amide bonds. The molecular formula is C14H23NO. The van der Waals surface area contributed by atoms with Gasteiger partial charge in [-0.25, -0.2) is 0 Å². The lowest BCUT2D eigenvalue weighted by atomic mass is 10.2. The van der Waals surface area contributed by atoms with E-state index < -0.39 is 0 Å². The Morgan fingerprint density at radius 3 is 2.69 bits per heavy atom. The van der Waals surface area contributed by atoms with Crippen molar-refractivity contribution in [3.8, 4) is 5.75 Å². The van der Waals surface area contributed by atoms with Gasteiger partial charge in [0.15, 0.2) is 0 Å². The van der Waals surface area contributed by atoms with E-state index >= 15 is 0 Å². The lowest BCUT2D eigenvalue weighted by molar-refractivity contribution is 0.268. The molecular weight excluding hydrogens is 198 g/mol. The molecule has 0 aliphatic heterocycles. The van der Waals surface area contributed by atoms with Crippen LogP contribution >= 0.6 is 0 Å². The Bertz CT molecular complexity index is 297. The monoisotopic (exact) mass is 221 g/mol. The van der Waals surface area contributed by atoms with E-state index in [0.29, 0.717) is 5.92 Å². The number of nitrogens with one attached hydrogen (secondary N) is 1. The molecule has 0 unspecified atom stereocenters. The van der Waals surface area contributed by atoms with Crippen LogP contribution in [0.15, 0.2) is 24.3 Å². The van der Waals surface area contributed by atoms with E-state index in [9.17, 15) is 0 Å². The Morgan fingerprint density at radius 1 is 1.25 bits per heavy atom. The van der Waals surface area contributed by atoms with Gasteiger partial charge in [-0.15, -0.1) is 0 Å². The number of rotatable bonds is 7. The molecule has 2 heteroatoms. The molecule has 2 nitrogen and oxygen atoms in total. The lowest BCUT2D eigenvalue weighted by Gasteiger charge is -2.13. The molecule has 0 saturated carbocycles. The molecule has 0 saturated heterocycles. The van der Waals surface area contributed by atoms with E-state index in [1.165, 1.54) is 5.56 Å². The van der Waals surface area contributed by atoms with Crippen LogP contribution in [0.3, 0.4) is 0 Å². The maximum absolute atomic E-state index is 5.79. The molecule has 1 N–H and O–H groups in total. The van der Waals surface area contributed by atoms with Crippen molar-refractivity contribution in [1.29, 1.82) is 0 Å². The van der Waals surface area contributed by atoms with Crippen molar-refractivity contribution < 1.29 is 4.74 Å². The van der Waals surface area contributed by atoms with E-state index in [1.54, 1.807) is 0 Å². The first-order valence-corrected chi connectivity index (χ1v) is 6.15. The van der Waals surface area contributed by atoms with E-state index in [1.807, 2.05) is 12.1 Å². The Kier molecular flexibility index (Phi) is 5.94. The average molecular weight is 221 g/mol. The molecule has 0 spiro atoms. The second kappa shape index (κ2) is 7.29. The molecule has 1 aromatic rings. The second-order valence-electron chi connectivity index (χ2n) is 4.49. The Balaban J connectivity index is 2.53. The quantitative estimate of drug-likeness (QED) is 0.714. The summed E-state index contributed by atoms with van der Waals surface area (Å²) in [6, 6.07) is 8.26. The molecule has 0 aliphatic carbocycles. The highest BCUT2D eigenvalue weighted by atomic mass is 16.5. The van der Waals surface area contributed by atoms with Crippen LogP contribution < -0.4 is 10.1 Å². The van der Waals surface area contributed by atoms with Gasteiger partial charge in [0.1, 0.15) is 5.75 Å². The number of hydrogen-bond donors (Lipinski definition) is 1. The summed E-state index contributed by atoms with van der Waals surface area (Å²) >= 11 is 0. The molecule has 1 rings (SSSR count). The third-order valence-electron chi connectivity index (χ3n) is 2.29. The maximum Gasteiger partial charge on any atom is 0.123 e. The van der Waals surface area contributed by atoms with Crippen molar-refractivity contribution >= 4 is 0 Å². The summed E-state index contributed by atoms with van der Waals surface area (Å²) in [7, 11) is 0. The second-order valence-corrected chi connectivity index (χ2v) is 4.49. The third-order valence-corrected chi connectivity index (χ3v) is 2.29. The largest absolute Gasteiger partial charge is 0.493 e. The van der Waals surface area contributed by atoms with Crippen LogP contribution in [0.4, 0.5) is 0 Å². The van der Waals surface area contributed by atoms with E-state index in [0.717, 1.165) is 31.9 Å². The van der Waals surface area contributed by atoms with Crippen LogP contribution in [0.25, 0.3) is 0 Å². The zero-order valence-corrected chi connectivity index (χ0v) is 10.6. The van der Waals surface area contributed by atoms with E-state index in [-0.39, 0.29) is 0 Å². The van der Waals surface area contributed by atoms with Gasteiger partial charge in [-0.1, -0.05) is 39.0 Å². The van der Waals surface area contributed by atoms with Gasteiger partial charge in [0, 0.05) is 12.1 Å². The first-order chi connectivity index (χ1) is 7.74. The average Bonchev–Trinajstić information content (AvgIpc) is 2.28. The van der Waals surface area contributed by atoms with Crippen molar-refractivity contribution in [2.75, 3.05) is 13.2 Å². The van der Waals surface area contributed by atoms with Gasteiger partial charge in [-0.3, -0.25) is 0 Å². The normalized spacial score (nSPS) is 10.8. The maximum atomic E-state index is 5.79. The Labute approximate surface area is 99.0 Å². The summed E-state index contributed by atoms with van der Waals surface area (Å²) in [6.07, 6.45) is 1.16. The summed E-state index contributed by atoms with van der Waals surface area (Å²) in [6.45, 7) is 9.23. The first-order valence-electron chi connectivity index (χ1n) is 6.15. The molecule has 0 radical (unpaired) electrons. The fourth-order valence-corrected chi connectivity index (χ4v) is 1.45. The first kappa shape index (κ1) is 13.0. The van der Waals surface area contributed by atoms with Crippen LogP contribution in [0.5, 0.6) is 5.75 Å². The number of ether oxygens (including phenoxy) is 1. The van der Waals surface area contributed by atoms with Gasteiger partial charge >= 0.3 is 0 Å². The lowest BCUT2D eigenvalue weighted by Crippen LogP contribution is -2.15. The fourth-order valence-electron chi connectivity index (χ4n) is 1.45. The summed E-state index contributed by atoms with van der Waals surface area (Å²) in [5.74, 6) is 1.58. The molecule has 0 aliphatic rings. The zero-order chi connectivity index (χ0) is 11.8. The van der Waals surface area contributed by atoms with Gasteiger partial charge in [-0.05, 0) is 24.9 Å². The van der Waals surface area contributed by atoms with Crippen LogP contribution in [0.1, 0.15) is 32.8 Å². The number of para-hydroxylation sites is 1. The minimum Gasteiger partial charge on any atom is -0.493 e. The predicted octanol–water partition coefficient (Wildman–Crippen LogP) is 3.22. The van der Waals surface area contributed by atoms with Crippen LogP contribution in [0.2, 0.25) is 0 Å². The topological polar surface area (TPSA) is 21.3 Å². The van der Waals surface area contributed by atoms with Gasteiger partial charge in [0.25, 0.3) is 0 Å². The van der Waals surface area contributed by atoms with Crippen LogP contribution in [-0.2, 0) is 6.54 Å². The van der Waals surface area contributed by atoms with Gasteiger partial charge < -0.3 is 10.1 Å². The van der Waals surface area contributed by atoms with Crippen LogP contribution in [0, 0.1) is 5.92 Å². The molecule has 90 valence electrons. The van der Waals surface area contributed by atoms with Gasteiger partial charge in [0.2, 0.25) is 0 Å². The Hall–Kier alpha value is -1.02. The summed E-state index contributed by atoms with van der Waals surface area (Å²) < 4.78 is 5.79. The van der Waals surface area contributed by atoms with Crippen molar-refractivity contribution in [2.45, 2.75) is 33.7 Å². The standard InChI is InChI=1S/C14H23NO/c1-4-9-15-10-13-7-5-6-8-14(13)16-11-12(2)3/h5-8,12,15H,4,9-11H2,1-3H3. The highest BCUT2D eigenvalue weighted by Crippen LogP contribution is 2.18. The van der Waals surface area contributed by atoms with Crippen LogP contribution in [-0.4, -0.2) is 13.2 Å². The fraction of sp³-hybridized carbons (Fsp3) is 0.571. The van der Waals surface area contributed by atoms with Crippen molar-refractivity contribution in [3.05, 3.63) is 29.8 Å². The highest BCUT2D eigenvalue weighted by molar-refractivity contribution is 5.33. The Morgan fingerprint density at radius 2 is 2.00 bits per heavy atom. The molecule has 0 fully saturated rings. The predicted molar refractivity (Wildman–Crippen MR) is 68.8 cm³/mol. The third kappa shape index (κ3) is 4.67. The molecule has 0 atom stereocenters. The number of hydrogen-bond acceptors (Lipinski definition) is 2. The SMILES string of the molecule is CCCNCc1ccccc1OCC(C)C. The van der Waals surface area contributed by atoms with Crippen molar-refractivity contribution in [3.63, 3.8) is 0 Å². The summed E-state index contributed by atoms with van der Waals surface area (Å²) in [5, 5.41) is 3.40. The molecule has 16 heavy (non-hydrogen) atoms. The molecule has 1 aromatic carbocycles. The van der Waals surface area contributed by atoms with Crippen molar-refractivity contribution in [1.82, 2.24) is 5.32 Å². The van der Waals surface area contributed by atoms with E-state index in [2.05, 4.69) is 38.2 Å². The number of benzene rings is 1. The molecule has 0 heterocycles. The van der Waals surface area contributed by atoms with Gasteiger partial charge in [0.05, 0.1) is 6.61 Å². The molecule has 0 bridgehead atoms. The molecule has 0 aromatic heterocycles. The minimum absolute atomic E-state index is 0.566. The van der Waals surface area contributed by atoms with Crippen molar-refractivity contribution in [2.24, 2.45) is 5.92 Å². The zero-order valence-electron chi connectivity index (χ0n) is 10.6. The summed E-state index contributed by atoms with van der Waals surface area (Å²) in [4.78, 5) is 0.